The Balaban J connectivity index is 1.38. The van der Waals surface area contributed by atoms with Gasteiger partial charge in [-0.3, -0.25) is 9.89 Å². The van der Waals surface area contributed by atoms with Gasteiger partial charge in [-0.05, 0) is 49.4 Å². The predicted octanol–water partition coefficient (Wildman–Crippen LogP) is 2.39. The summed E-state index contributed by atoms with van der Waals surface area (Å²) in [5.41, 5.74) is 1.79. The quantitative estimate of drug-likeness (QED) is 0.473. The number of H-pyrrole nitrogens is 1. The van der Waals surface area contributed by atoms with Crippen molar-refractivity contribution >= 4 is 15.9 Å². The molecule has 8 nitrogen and oxygen atoms in total. The van der Waals surface area contributed by atoms with Gasteiger partial charge in [0.15, 0.2) is 5.82 Å². The van der Waals surface area contributed by atoms with Crippen LogP contribution in [-0.2, 0) is 21.2 Å². The summed E-state index contributed by atoms with van der Waals surface area (Å²) in [6.07, 6.45) is 2.55. The molecule has 1 unspecified atom stereocenters. The number of hydrogen-bond donors (Lipinski definition) is 3. The lowest BCUT2D eigenvalue weighted by molar-refractivity contribution is -0.121. The Hall–Kier alpha value is -3.04. The van der Waals surface area contributed by atoms with Crippen molar-refractivity contribution in [1.29, 1.82) is 0 Å². The largest absolute Gasteiger partial charge is 0.342 e. The zero-order chi connectivity index (χ0) is 21.8. The molecule has 9 heteroatoms. The van der Waals surface area contributed by atoms with E-state index in [2.05, 4.69) is 25.2 Å². The molecule has 2 aromatic carbocycles. The number of rotatable bonds is 9. The monoisotopic (exact) mass is 439 g/mol. The Kier molecular flexibility index (Phi) is 6.15. The van der Waals surface area contributed by atoms with E-state index in [0.29, 0.717) is 18.1 Å². The summed E-state index contributed by atoms with van der Waals surface area (Å²) in [4.78, 5) is 17.3. The molecule has 0 spiro atoms. The minimum atomic E-state index is -3.47. The van der Waals surface area contributed by atoms with Crippen LogP contribution in [0.25, 0.3) is 0 Å². The molecule has 1 heterocycles. The molecule has 3 aromatic rings. The second kappa shape index (κ2) is 8.99. The Morgan fingerprint density at radius 1 is 1.13 bits per heavy atom. The zero-order valence-corrected chi connectivity index (χ0v) is 18.0. The van der Waals surface area contributed by atoms with Gasteiger partial charge in [-0.2, -0.15) is 5.10 Å². The molecule has 1 fully saturated rings. The maximum absolute atomic E-state index is 12.7. The lowest BCUT2D eigenvalue weighted by Crippen LogP contribution is -2.30. The Morgan fingerprint density at radius 3 is 2.45 bits per heavy atom. The van der Waals surface area contributed by atoms with Crippen molar-refractivity contribution < 1.29 is 13.2 Å². The number of benzene rings is 2. The second-order valence-electron chi connectivity index (χ2n) is 7.73. The third-order valence-corrected chi connectivity index (χ3v) is 6.62. The van der Waals surface area contributed by atoms with E-state index in [-0.39, 0.29) is 23.3 Å². The normalized spacial score (nSPS) is 14.9. The van der Waals surface area contributed by atoms with Crippen LogP contribution in [-0.4, -0.2) is 35.5 Å². The number of aryl methyl sites for hydroxylation is 2. The molecule has 1 saturated carbocycles. The van der Waals surface area contributed by atoms with E-state index in [4.69, 9.17) is 0 Å². The lowest BCUT2D eigenvalue weighted by Gasteiger charge is -2.16. The van der Waals surface area contributed by atoms with Crippen molar-refractivity contribution in [2.45, 2.75) is 49.6 Å². The van der Waals surface area contributed by atoms with Crippen LogP contribution in [0.4, 0.5) is 0 Å². The summed E-state index contributed by atoms with van der Waals surface area (Å²) < 4.78 is 27.2. The number of nitrogens with zero attached hydrogens (tertiary/aromatic N) is 2. The first-order valence-corrected chi connectivity index (χ1v) is 11.7. The maximum atomic E-state index is 12.7. The molecule has 0 saturated heterocycles. The third-order valence-electron chi connectivity index (χ3n) is 5.08. The molecule has 1 aromatic heterocycles. The number of amides is 1. The molecule has 0 aliphatic heterocycles. The van der Waals surface area contributed by atoms with Crippen LogP contribution in [0, 0.1) is 6.92 Å². The molecule has 4 rings (SSSR count). The van der Waals surface area contributed by atoms with Crippen LogP contribution in [0.1, 0.15) is 48.1 Å². The molecule has 0 radical (unpaired) electrons. The molecule has 1 aliphatic rings. The van der Waals surface area contributed by atoms with Gasteiger partial charge in [0.25, 0.3) is 0 Å². The first-order valence-electron chi connectivity index (χ1n) is 10.3. The van der Waals surface area contributed by atoms with Gasteiger partial charge >= 0.3 is 0 Å². The van der Waals surface area contributed by atoms with E-state index in [9.17, 15) is 13.2 Å². The molecule has 162 valence electrons. The number of carbonyl (C=O) groups is 1. The van der Waals surface area contributed by atoms with E-state index in [1.807, 2.05) is 37.3 Å². The van der Waals surface area contributed by atoms with Gasteiger partial charge in [-0.15, -0.1) is 0 Å². The molecule has 1 atom stereocenters. The van der Waals surface area contributed by atoms with E-state index in [0.717, 1.165) is 24.0 Å². The molecule has 0 bridgehead atoms. The molecule has 1 aliphatic carbocycles. The van der Waals surface area contributed by atoms with Crippen molar-refractivity contribution in [2.24, 2.45) is 0 Å². The predicted molar refractivity (Wildman–Crippen MR) is 116 cm³/mol. The van der Waals surface area contributed by atoms with Gasteiger partial charge in [-0.25, -0.2) is 18.1 Å². The molecule has 31 heavy (non-hydrogen) atoms. The molecular weight excluding hydrogens is 414 g/mol. The summed E-state index contributed by atoms with van der Waals surface area (Å²) >= 11 is 0. The number of sulfonamides is 1. The fourth-order valence-electron chi connectivity index (χ4n) is 3.25. The Bertz CT molecular complexity index is 1140. The van der Waals surface area contributed by atoms with Crippen molar-refractivity contribution in [2.75, 3.05) is 0 Å². The van der Waals surface area contributed by atoms with Crippen LogP contribution in [0.15, 0.2) is 59.5 Å². The van der Waals surface area contributed by atoms with Crippen LogP contribution >= 0.6 is 0 Å². The van der Waals surface area contributed by atoms with Gasteiger partial charge in [0.05, 0.1) is 4.90 Å². The lowest BCUT2D eigenvalue weighted by atomic mass is 10.1. The first kappa shape index (κ1) is 21.2. The highest BCUT2D eigenvalue weighted by Gasteiger charge is 2.27. The number of aromatic nitrogens is 3. The topological polar surface area (TPSA) is 117 Å². The summed E-state index contributed by atoms with van der Waals surface area (Å²) in [7, 11) is -3.47. The van der Waals surface area contributed by atoms with E-state index >= 15 is 0 Å². The maximum Gasteiger partial charge on any atom is 0.240 e. The smallest absolute Gasteiger partial charge is 0.240 e. The number of nitrogens with one attached hydrogen (secondary N) is 3. The number of hydrogen-bond acceptors (Lipinski definition) is 5. The van der Waals surface area contributed by atoms with Crippen molar-refractivity contribution in [3.05, 3.63) is 77.4 Å². The fraction of sp³-hybridized carbons (Fsp3) is 0.318. The summed E-state index contributed by atoms with van der Waals surface area (Å²) in [5.74, 6) is 1.05. The van der Waals surface area contributed by atoms with Crippen molar-refractivity contribution in [1.82, 2.24) is 25.2 Å². The van der Waals surface area contributed by atoms with Crippen LogP contribution in [0.3, 0.4) is 0 Å². The Morgan fingerprint density at radius 2 is 1.84 bits per heavy atom. The SMILES string of the molecule is Cc1nc(C(NC(=O)CCc2ccc(S(=O)(=O)NC3CC3)cc2)c2ccccc2)n[nH]1. The highest BCUT2D eigenvalue weighted by atomic mass is 32.2. The van der Waals surface area contributed by atoms with Gasteiger partial charge < -0.3 is 5.32 Å². The number of aromatic amines is 1. The minimum Gasteiger partial charge on any atom is -0.342 e. The molecular formula is C22H25N5O3S. The summed E-state index contributed by atoms with van der Waals surface area (Å²) in [6, 6.07) is 15.9. The zero-order valence-electron chi connectivity index (χ0n) is 17.2. The van der Waals surface area contributed by atoms with Crippen LogP contribution in [0.2, 0.25) is 0 Å². The Labute approximate surface area is 181 Å². The fourth-order valence-corrected chi connectivity index (χ4v) is 4.55. The highest BCUT2D eigenvalue weighted by molar-refractivity contribution is 7.89. The van der Waals surface area contributed by atoms with Gasteiger partial charge in [0.2, 0.25) is 15.9 Å². The summed E-state index contributed by atoms with van der Waals surface area (Å²) in [5, 5.41) is 10.0. The second-order valence-corrected chi connectivity index (χ2v) is 9.44. The highest BCUT2D eigenvalue weighted by Crippen LogP contribution is 2.23. The molecule has 3 N–H and O–H groups in total. The number of carbonyl (C=O) groups excluding carboxylic acids is 1. The summed E-state index contributed by atoms with van der Waals surface area (Å²) in [6.45, 7) is 1.81. The van der Waals surface area contributed by atoms with Crippen molar-refractivity contribution in [3.8, 4) is 0 Å². The minimum absolute atomic E-state index is 0.0683. The third kappa shape index (κ3) is 5.56. The average Bonchev–Trinajstić information content (AvgIpc) is 3.47. The van der Waals surface area contributed by atoms with Gasteiger partial charge in [-0.1, -0.05) is 42.5 Å². The van der Waals surface area contributed by atoms with Crippen molar-refractivity contribution in [3.63, 3.8) is 0 Å². The molecule has 1 amide bonds. The first-order chi connectivity index (χ1) is 14.9. The standard InChI is InChI=1S/C22H25N5O3S/c1-15-23-22(26-25-15)21(17-5-3-2-4-6-17)24-20(28)14-9-16-7-12-19(13-8-16)31(29,30)27-18-10-11-18/h2-8,12-13,18,21,27H,9-11,14H2,1H3,(H,24,28)(H,23,25,26). The van der Waals surface area contributed by atoms with Crippen LogP contribution in [0.5, 0.6) is 0 Å². The average molecular weight is 440 g/mol. The van der Waals surface area contributed by atoms with E-state index in [1.165, 1.54) is 0 Å². The van der Waals surface area contributed by atoms with E-state index in [1.54, 1.807) is 24.3 Å². The van der Waals surface area contributed by atoms with E-state index < -0.39 is 16.1 Å². The van der Waals surface area contributed by atoms with Gasteiger partial charge in [0, 0.05) is 12.5 Å². The van der Waals surface area contributed by atoms with Crippen LogP contribution < -0.4 is 10.0 Å². The van der Waals surface area contributed by atoms with Gasteiger partial charge in [0.1, 0.15) is 11.9 Å².